The highest BCUT2D eigenvalue weighted by Gasteiger charge is 2.30. The summed E-state index contributed by atoms with van der Waals surface area (Å²) in [7, 11) is 0. The molecule has 0 fully saturated rings. The van der Waals surface area contributed by atoms with Crippen LogP contribution in [-0.4, -0.2) is 22.5 Å². The van der Waals surface area contributed by atoms with Gasteiger partial charge in [0.1, 0.15) is 5.75 Å². The van der Waals surface area contributed by atoms with E-state index >= 15 is 0 Å². The highest BCUT2D eigenvalue weighted by atomic mass is 16.5. The van der Waals surface area contributed by atoms with Gasteiger partial charge in [-0.25, -0.2) is 4.79 Å². The molecule has 0 spiro atoms. The summed E-state index contributed by atoms with van der Waals surface area (Å²) in [6.45, 7) is 6.88. The van der Waals surface area contributed by atoms with Crippen molar-refractivity contribution in [1.29, 1.82) is 0 Å². The molecule has 31 heavy (non-hydrogen) atoms. The first kappa shape index (κ1) is 22.3. The van der Waals surface area contributed by atoms with Crippen LogP contribution in [0.4, 0.5) is 0 Å². The van der Waals surface area contributed by atoms with Crippen molar-refractivity contribution in [3.63, 3.8) is 0 Å². The summed E-state index contributed by atoms with van der Waals surface area (Å²) in [6, 6.07) is 21.8. The van der Waals surface area contributed by atoms with Crippen LogP contribution in [0.15, 0.2) is 66.7 Å². The fourth-order valence-electron chi connectivity index (χ4n) is 3.31. The van der Waals surface area contributed by atoms with E-state index in [0.717, 1.165) is 22.3 Å². The number of rotatable bonds is 8. The summed E-state index contributed by atoms with van der Waals surface area (Å²) in [5.74, 6) is -0.525. The van der Waals surface area contributed by atoms with Gasteiger partial charge in [0.05, 0.1) is 0 Å². The van der Waals surface area contributed by atoms with Crippen LogP contribution >= 0.6 is 0 Å². The smallest absolute Gasteiger partial charge is 0.347 e. The number of carbonyl (C=O) groups is 2. The second-order valence-corrected chi connectivity index (χ2v) is 8.39. The third kappa shape index (κ3) is 5.60. The number of carboxylic acid groups (broad SMARTS) is 1. The first-order valence-electron chi connectivity index (χ1n) is 10.4. The van der Waals surface area contributed by atoms with Crippen molar-refractivity contribution in [3.05, 3.63) is 89.0 Å². The Morgan fingerprint density at radius 1 is 0.903 bits per heavy atom. The molecule has 4 heteroatoms. The molecule has 4 nitrogen and oxygen atoms in total. The molecule has 0 aliphatic carbocycles. The molecular weight excluding hydrogens is 388 g/mol. The molecular formula is C27H28O4. The van der Waals surface area contributed by atoms with Gasteiger partial charge in [0.25, 0.3) is 0 Å². The summed E-state index contributed by atoms with van der Waals surface area (Å²) in [5.41, 5.74) is 4.65. The lowest BCUT2D eigenvalue weighted by molar-refractivity contribution is -0.152. The van der Waals surface area contributed by atoms with Crippen molar-refractivity contribution in [1.82, 2.24) is 0 Å². The summed E-state index contributed by atoms with van der Waals surface area (Å²) in [5, 5.41) is 9.24. The molecule has 0 saturated heterocycles. The van der Waals surface area contributed by atoms with Gasteiger partial charge in [-0.15, -0.1) is 0 Å². The Hall–Kier alpha value is -3.40. The maximum absolute atomic E-state index is 12.7. The van der Waals surface area contributed by atoms with Crippen LogP contribution in [-0.2, 0) is 11.2 Å². The van der Waals surface area contributed by atoms with Crippen molar-refractivity contribution in [2.24, 2.45) is 0 Å². The maximum atomic E-state index is 12.7. The van der Waals surface area contributed by atoms with E-state index in [9.17, 15) is 14.7 Å². The van der Waals surface area contributed by atoms with Gasteiger partial charge in [-0.05, 0) is 74.6 Å². The zero-order valence-corrected chi connectivity index (χ0v) is 18.4. The van der Waals surface area contributed by atoms with Crippen LogP contribution in [0, 0.1) is 13.8 Å². The van der Waals surface area contributed by atoms with Crippen molar-refractivity contribution < 1.29 is 19.4 Å². The number of ether oxygens (including phenoxy) is 1. The lowest BCUT2D eigenvalue weighted by atomic mass is 9.97. The van der Waals surface area contributed by atoms with Crippen LogP contribution in [0.3, 0.4) is 0 Å². The molecule has 1 N–H and O–H groups in total. The summed E-state index contributed by atoms with van der Waals surface area (Å²) < 4.78 is 5.61. The average Bonchev–Trinajstić information content (AvgIpc) is 2.74. The maximum Gasteiger partial charge on any atom is 0.347 e. The molecule has 0 bridgehead atoms. The predicted molar refractivity (Wildman–Crippen MR) is 123 cm³/mol. The number of hydrogen-bond donors (Lipinski definition) is 1. The fourth-order valence-corrected chi connectivity index (χ4v) is 3.31. The van der Waals surface area contributed by atoms with E-state index in [4.69, 9.17) is 4.74 Å². The Labute approximate surface area is 183 Å². The summed E-state index contributed by atoms with van der Waals surface area (Å²) in [6.07, 6.45) is 1.06. The van der Waals surface area contributed by atoms with Gasteiger partial charge in [-0.2, -0.15) is 0 Å². The van der Waals surface area contributed by atoms with E-state index < -0.39 is 11.6 Å². The lowest BCUT2D eigenvalue weighted by Gasteiger charge is -2.23. The zero-order valence-electron chi connectivity index (χ0n) is 18.4. The van der Waals surface area contributed by atoms with Gasteiger partial charge in [0.2, 0.25) is 0 Å². The molecule has 0 heterocycles. The minimum Gasteiger partial charge on any atom is -0.478 e. The Bertz CT molecular complexity index is 1090. The molecule has 0 saturated carbocycles. The quantitative estimate of drug-likeness (QED) is 0.456. The zero-order chi connectivity index (χ0) is 22.6. The van der Waals surface area contributed by atoms with Crippen molar-refractivity contribution in [2.45, 2.75) is 46.1 Å². The minimum atomic E-state index is -1.33. The highest BCUT2D eigenvalue weighted by molar-refractivity contribution is 5.96. The topological polar surface area (TPSA) is 63.6 Å². The molecule has 0 aliphatic heterocycles. The molecule has 0 radical (unpaired) electrons. The molecule has 3 aromatic carbocycles. The second kappa shape index (κ2) is 9.17. The number of benzene rings is 3. The first-order valence-corrected chi connectivity index (χ1v) is 10.4. The van der Waals surface area contributed by atoms with E-state index in [1.165, 1.54) is 19.4 Å². The van der Waals surface area contributed by atoms with E-state index in [1.54, 1.807) is 18.2 Å². The Morgan fingerprint density at radius 3 is 2.26 bits per heavy atom. The number of hydrogen-bond acceptors (Lipinski definition) is 3. The van der Waals surface area contributed by atoms with Crippen LogP contribution in [0.25, 0.3) is 11.1 Å². The minimum absolute atomic E-state index is 0.0490. The number of carbonyl (C=O) groups excluding carboxylic acids is 1. The van der Waals surface area contributed by atoms with Gasteiger partial charge >= 0.3 is 5.97 Å². The molecule has 0 atom stereocenters. The monoisotopic (exact) mass is 416 g/mol. The number of Topliss-reactive ketones (excluding diaryl/α,β-unsaturated/α-hetero) is 1. The number of aryl methyl sites for hydroxylation is 3. The van der Waals surface area contributed by atoms with Crippen molar-refractivity contribution in [2.75, 3.05) is 0 Å². The van der Waals surface area contributed by atoms with E-state index in [-0.39, 0.29) is 5.78 Å². The average molecular weight is 417 g/mol. The Kier molecular flexibility index (Phi) is 6.59. The Morgan fingerprint density at radius 2 is 1.61 bits per heavy atom. The number of carboxylic acids is 1. The molecule has 0 aromatic heterocycles. The normalized spacial score (nSPS) is 11.2. The SMILES string of the molecule is Cc1ccc(-c2cccc(CCC(=O)c3ccc(OC(C)(C)C(=O)O)c(C)c3)c2)cc1. The van der Waals surface area contributed by atoms with Crippen LogP contribution in [0.2, 0.25) is 0 Å². The fraction of sp³-hybridized carbons (Fsp3) is 0.259. The molecule has 3 aromatic rings. The summed E-state index contributed by atoms with van der Waals surface area (Å²) in [4.78, 5) is 24.0. The third-order valence-electron chi connectivity index (χ3n) is 5.33. The predicted octanol–water partition coefficient (Wildman–Crippen LogP) is 6.03. The van der Waals surface area contributed by atoms with Gasteiger partial charge in [0, 0.05) is 12.0 Å². The molecule has 160 valence electrons. The van der Waals surface area contributed by atoms with Gasteiger partial charge in [-0.1, -0.05) is 54.1 Å². The highest BCUT2D eigenvalue weighted by Crippen LogP contribution is 2.25. The van der Waals surface area contributed by atoms with Crippen LogP contribution in [0.1, 0.15) is 47.3 Å². The Balaban J connectivity index is 1.67. The first-order chi connectivity index (χ1) is 14.7. The molecule has 0 unspecified atom stereocenters. The lowest BCUT2D eigenvalue weighted by Crippen LogP contribution is -2.38. The van der Waals surface area contributed by atoms with Gasteiger partial charge in [-0.3, -0.25) is 4.79 Å². The largest absolute Gasteiger partial charge is 0.478 e. The van der Waals surface area contributed by atoms with E-state index in [1.807, 2.05) is 19.1 Å². The van der Waals surface area contributed by atoms with Crippen molar-refractivity contribution in [3.8, 4) is 16.9 Å². The molecule has 0 aliphatic rings. The number of ketones is 1. The van der Waals surface area contributed by atoms with Gasteiger partial charge in [0.15, 0.2) is 11.4 Å². The molecule has 3 rings (SSSR count). The van der Waals surface area contributed by atoms with Crippen LogP contribution < -0.4 is 4.74 Å². The third-order valence-corrected chi connectivity index (χ3v) is 5.33. The summed E-state index contributed by atoms with van der Waals surface area (Å²) >= 11 is 0. The molecule has 0 amide bonds. The van der Waals surface area contributed by atoms with E-state index in [2.05, 4.69) is 43.3 Å². The van der Waals surface area contributed by atoms with Crippen LogP contribution in [0.5, 0.6) is 5.75 Å². The van der Waals surface area contributed by atoms with Crippen molar-refractivity contribution >= 4 is 11.8 Å². The number of aliphatic carboxylic acids is 1. The standard InChI is InChI=1S/C27H28O4/c1-18-8-11-21(12-9-18)22-7-5-6-20(17-22)10-14-24(28)23-13-15-25(19(2)16-23)31-27(3,4)26(29)30/h5-9,11-13,15-17H,10,14H2,1-4H3,(H,29,30). The van der Waals surface area contributed by atoms with Gasteiger partial charge < -0.3 is 9.84 Å². The van der Waals surface area contributed by atoms with E-state index in [0.29, 0.717) is 24.2 Å². The second-order valence-electron chi connectivity index (χ2n) is 8.39.